The van der Waals surface area contributed by atoms with Gasteiger partial charge in [0.25, 0.3) is 0 Å². The van der Waals surface area contributed by atoms with Crippen LogP contribution in [0, 0.1) is 0 Å². The van der Waals surface area contributed by atoms with Gasteiger partial charge in [0.15, 0.2) is 0 Å². The Balaban J connectivity index is 2.49. The van der Waals surface area contributed by atoms with E-state index in [1.165, 1.54) is 0 Å². The minimum atomic E-state index is 0.475. The van der Waals surface area contributed by atoms with E-state index in [1.807, 2.05) is 35.9 Å². The Morgan fingerprint density at radius 3 is 2.94 bits per heavy atom. The van der Waals surface area contributed by atoms with E-state index in [0.717, 1.165) is 22.7 Å². The first-order valence-corrected chi connectivity index (χ1v) is 5.11. The number of hydrogen-bond donors (Lipinski definition) is 1. The zero-order valence-corrected chi connectivity index (χ0v) is 9.47. The molecule has 0 aliphatic carbocycles. The van der Waals surface area contributed by atoms with Gasteiger partial charge in [-0.15, -0.1) is 0 Å². The summed E-state index contributed by atoms with van der Waals surface area (Å²) in [6.45, 7) is 0.475. The molecule has 2 N–H and O–H groups in total. The molecule has 0 unspecified atom stereocenters. The first-order valence-electron chi connectivity index (χ1n) is 5.11. The highest BCUT2D eigenvalue weighted by molar-refractivity contribution is 5.63. The summed E-state index contributed by atoms with van der Waals surface area (Å²) in [5.74, 6) is 0.825. The average molecular weight is 217 g/mol. The van der Waals surface area contributed by atoms with Crippen molar-refractivity contribution in [2.24, 2.45) is 12.8 Å². The van der Waals surface area contributed by atoms with E-state index in [4.69, 9.17) is 10.5 Å². The number of nitrogens with zero attached hydrogens (tertiary/aromatic N) is 2. The van der Waals surface area contributed by atoms with Crippen LogP contribution in [0.25, 0.3) is 11.3 Å². The zero-order chi connectivity index (χ0) is 11.5. The van der Waals surface area contributed by atoms with Crippen molar-refractivity contribution in [2.45, 2.75) is 6.54 Å². The molecule has 2 rings (SSSR count). The maximum absolute atomic E-state index is 5.71. The van der Waals surface area contributed by atoms with Gasteiger partial charge in [-0.25, -0.2) is 4.98 Å². The van der Waals surface area contributed by atoms with E-state index >= 15 is 0 Å². The Hall–Kier alpha value is -1.81. The van der Waals surface area contributed by atoms with Crippen LogP contribution in [0.4, 0.5) is 0 Å². The largest absolute Gasteiger partial charge is 0.497 e. The molecule has 0 aliphatic heterocycles. The van der Waals surface area contributed by atoms with Crippen molar-refractivity contribution in [1.82, 2.24) is 9.55 Å². The van der Waals surface area contributed by atoms with E-state index in [9.17, 15) is 0 Å². The van der Waals surface area contributed by atoms with Crippen LogP contribution < -0.4 is 10.5 Å². The number of nitrogens with two attached hydrogens (primary N) is 1. The fraction of sp³-hybridized carbons (Fsp3) is 0.250. The van der Waals surface area contributed by atoms with Crippen molar-refractivity contribution in [3.05, 3.63) is 36.3 Å². The van der Waals surface area contributed by atoms with Crippen LogP contribution in [-0.2, 0) is 13.6 Å². The Kier molecular flexibility index (Phi) is 2.92. The number of aryl methyl sites for hydroxylation is 1. The molecule has 0 spiro atoms. The van der Waals surface area contributed by atoms with Gasteiger partial charge in [-0.05, 0) is 12.1 Å². The summed E-state index contributed by atoms with van der Waals surface area (Å²) >= 11 is 0. The van der Waals surface area contributed by atoms with Crippen LogP contribution in [0.1, 0.15) is 5.69 Å². The molecular weight excluding hydrogens is 202 g/mol. The van der Waals surface area contributed by atoms with Crippen LogP contribution in [0.3, 0.4) is 0 Å². The van der Waals surface area contributed by atoms with Crippen LogP contribution in [0.2, 0.25) is 0 Å². The Morgan fingerprint density at radius 1 is 1.44 bits per heavy atom. The maximum Gasteiger partial charge on any atom is 0.119 e. The molecule has 0 atom stereocenters. The van der Waals surface area contributed by atoms with Gasteiger partial charge in [0.1, 0.15) is 5.75 Å². The van der Waals surface area contributed by atoms with Crippen molar-refractivity contribution in [2.75, 3.05) is 7.11 Å². The molecule has 84 valence electrons. The van der Waals surface area contributed by atoms with E-state index < -0.39 is 0 Å². The molecule has 1 aromatic carbocycles. The molecule has 1 heterocycles. The molecule has 2 aromatic rings. The maximum atomic E-state index is 5.71. The van der Waals surface area contributed by atoms with Gasteiger partial charge in [0, 0.05) is 19.2 Å². The highest BCUT2D eigenvalue weighted by Crippen LogP contribution is 2.25. The third-order valence-corrected chi connectivity index (χ3v) is 2.60. The zero-order valence-electron chi connectivity index (χ0n) is 9.47. The third kappa shape index (κ3) is 1.79. The highest BCUT2D eigenvalue weighted by Gasteiger charge is 2.09. The topological polar surface area (TPSA) is 53.1 Å². The molecule has 0 fully saturated rings. The molecule has 0 radical (unpaired) electrons. The minimum Gasteiger partial charge on any atom is -0.497 e. The predicted octanol–water partition coefficient (Wildman–Crippen LogP) is 1.55. The number of aromatic nitrogens is 2. The Bertz CT molecular complexity index is 491. The Labute approximate surface area is 94.7 Å². The van der Waals surface area contributed by atoms with Crippen LogP contribution >= 0.6 is 0 Å². The quantitative estimate of drug-likeness (QED) is 0.848. The molecule has 1 aromatic heterocycles. The molecule has 4 nitrogen and oxygen atoms in total. The number of benzene rings is 1. The summed E-state index contributed by atoms with van der Waals surface area (Å²) in [4.78, 5) is 4.36. The fourth-order valence-electron chi connectivity index (χ4n) is 1.71. The summed E-state index contributed by atoms with van der Waals surface area (Å²) in [5.41, 5.74) is 8.68. The standard InChI is InChI=1S/C12H15N3O/c1-15-8-14-12(11(15)7-13)9-4-3-5-10(6-9)16-2/h3-6,8H,7,13H2,1-2H3. The van der Waals surface area contributed by atoms with E-state index in [-0.39, 0.29) is 0 Å². The highest BCUT2D eigenvalue weighted by atomic mass is 16.5. The van der Waals surface area contributed by atoms with E-state index in [1.54, 1.807) is 13.4 Å². The lowest BCUT2D eigenvalue weighted by atomic mass is 10.1. The van der Waals surface area contributed by atoms with Gasteiger partial charge in [0.05, 0.1) is 24.8 Å². The van der Waals surface area contributed by atoms with Gasteiger partial charge in [-0.3, -0.25) is 0 Å². The molecule has 0 bridgehead atoms. The monoisotopic (exact) mass is 217 g/mol. The minimum absolute atomic E-state index is 0.475. The van der Waals surface area contributed by atoms with Gasteiger partial charge in [-0.1, -0.05) is 12.1 Å². The molecule has 0 amide bonds. The first kappa shape index (κ1) is 10.7. The lowest BCUT2D eigenvalue weighted by Crippen LogP contribution is -2.04. The smallest absolute Gasteiger partial charge is 0.119 e. The molecule has 0 saturated heterocycles. The fourth-order valence-corrected chi connectivity index (χ4v) is 1.71. The van der Waals surface area contributed by atoms with Crippen LogP contribution in [0.15, 0.2) is 30.6 Å². The van der Waals surface area contributed by atoms with Gasteiger partial charge < -0.3 is 15.0 Å². The first-order chi connectivity index (χ1) is 7.76. The second-order valence-corrected chi connectivity index (χ2v) is 3.59. The lowest BCUT2D eigenvalue weighted by molar-refractivity contribution is 0.415. The van der Waals surface area contributed by atoms with Crippen LogP contribution in [-0.4, -0.2) is 16.7 Å². The summed E-state index contributed by atoms with van der Waals surface area (Å²) in [5, 5.41) is 0. The van der Waals surface area contributed by atoms with Crippen molar-refractivity contribution in [3.8, 4) is 17.0 Å². The summed E-state index contributed by atoms with van der Waals surface area (Å²) < 4.78 is 7.13. The van der Waals surface area contributed by atoms with Crippen molar-refractivity contribution in [3.63, 3.8) is 0 Å². The van der Waals surface area contributed by atoms with Gasteiger partial charge in [-0.2, -0.15) is 0 Å². The lowest BCUT2D eigenvalue weighted by Gasteiger charge is -2.05. The molecule has 0 saturated carbocycles. The Morgan fingerprint density at radius 2 is 2.25 bits per heavy atom. The number of hydrogen-bond acceptors (Lipinski definition) is 3. The average Bonchev–Trinajstić information content (AvgIpc) is 2.70. The normalized spacial score (nSPS) is 10.4. The van der Waals surface area contributed by atoms with Crippen molar-refractivity contribution < 1.29 is 4.74 Å². The number of ether oxygens (including phenoxy) is 1. The summed E-state index contributed by atoms with van der Waals surface area (Å²) in [6.07, 6.45) is 1.77. The third-order valence-electron chi connectivity index (χ3n) is 2.60. The van der Waals surface area contributed by atoms with E-state index in [0.29, 0.717) is 6.54 Å². The van der Waals surface area contributed by atoms with Crippen LogP contribution in [0.5, 0.6) is 5.75 Å². The number of rotatable bonds is 3. The SMILES string of the molecule is COc1cccc(-c2ncn(C)c2CN)c1. The molecule has 4 heteroatoms. The van der Waals surface area contributed by atoms with Gasteiger partial charge >= 0.3 is 0 Å². The number of methoxy groups -OCH3 is 1. The molecular formula is C12H15N3O. The predicted molar refractivity (Wildman–Crippen MR) is 63.1 cm³/mol. The van der Waals surface area contributed by atoms with Crippen molar-refractivity contribution in [1.29, 1.82) is 0 Å². The van der Waals surface area contributed by atoms with E-state index in [2.05, 4.69) is 4.98 Å². The second kappa shape index (κ2) is 4.37. The molecule has 0 aliphatic rings. The number of imidazole rings is 1. The van der Waals surface area contributed by atoms with Gasteiger partial charge in [0.2, 0.25) is 0 Å². The second-order valence-electron chi connectivity index (χ2n) is 3.59. The van der Waals surface area contributed by atoms with Crippen molar-refractivity contribution >= 4 is 0 Å². The summed E-state index contributed by atoms with van der Waals surface area (Å²) in [6, 6.07) is 7.82. The summed E-state index contributed by atoms with van der Waals surface area (Å²) in [7, 11) is 3.60. The molecule has 16 heavy (non-hydrogen) atoms.